The first kappa shape index (κ1) is 21.9. The molecule has 1 amide bonds. The van der Waals surface area contributed by atoms with Crippen LogP contribution in [0.1, 0.15) is 35.7 Å². The normalized spacial score (nSPS) is 11.1. The summed E-state index contributed by atoms with van der Waals surface area (Å²) in [4.78, 5) is 12.4. The van der Waals surface area contributed by atoms with Gasteiger partial charge in [0.1, 0.15) is 9.96 Å². The number of sulfonamides is 1. The Hall–Kier alpha value is -2.84. The van der Waals surface area contributed by atoms with Gasteiger partial charge in [-0.15, -0.1) is 11.3 Å². The van der Waals surface area contributed by atoms with E-state index in [-0.39, 0.29) is 10.1 Å². The maximum Gasteiger partial charge on any atom is 0.271 e. The monoisotopic (exact) mass is 444 g/mol. The number of hydrogen-bond acceptors (Lipinski definition) is 5. The van der Waals surface area contributed by atoms with Crippen molar-refractivity contribution < 1.29 is 17.9 Å². The van der Waals surface area contributed by atoms with Gasteiger partial charge in [-0.2, -0.15) is 0 Å². The van der Waals surface area contributed by atoms with Gasteiger partial charge < -0.3 is 10.1 Å². The second-order valence-electron chi connectivity index (χ2n) is 6.65. The van der Waals surface area contributed by atoms with Crippen LogP contribution in [-0.2, 0) is 16.6 Å². The van der Waals surface area contributed by atoms with E-state index in [0.29, 0.717) is 24.4 Å². The fraction of sp³-hybridized carbons (Fsp3) is 0.227. The molecule has 8 heteroatoms. The number of ether oxygens (including phenoxy) is 1. The Labute approximate surface area is 181 Å². The highest BCUT2D eigenvalue weighted by atomic mass is 32.2. The SMILES string of the molecule is CCCCOc1cccc(CNC(=O)c2ccc(NS(=O)(=O)c3cccs3)cc2)c1. The summed E-state index contributed by atoms with van der Waals surface area (Å²) >= 11 is 1.14. The first-order valence-electron chi connectivity index (χ1n) is 9.64. The quantitative estimate of drug-likeness (QED) is 0.446. The number of thiophene rings is 1. The summed E-state index contributed by atoms with van der Waals surface area (Å²) in [6, 6.07) is 17.2. The van der Waals surface area contributed by atoms with Crippen molar-refractivity contribution in [1.29, 1.82) is 0 Å². The molecule has 0 unspecified atom stereocenters. The van der Waals surface area contributed by atoms with Gasteiger partial charge in [0.2, 0.25) is 0 Å². The highest BCUT2D eigenvalue weighted by Crippen LogP contribution is 2.20. The van der Waals surface area contributed by atoms with Crippen LogP contribution in [0.3, 0.4) is 0 Å². The molecule has 1 heterocycles. The molecule has 0 spiro atoms. The van der Waals surface area contributed by atoms with Crippen molar-refractivity contribution >= 4 is 33.0 Å². The third-order valence-corrected chi connectivity index (χ3v) is 7.06. The van der Waals surface area contributed by atoms with Gasteiger partial charge in [0.15, 0.2) is 0 Å². The molecule has 2 aromatic carbocycles. The molecule has 0 aliphatic carbocycles. The molecule has 6 nitrogen and oxygen atoms in total. The van der Waals surface area contributed by atoms with E-state index in [1.54, 1.807) is 41.8 Å². The average molecular weight is 445 g/mol. The summed E-state index contributed by atoms with van der Waals surface area (Å²) in [6.07, 6.45) is 2.07. The molecule has 3 aromatic rings. The minimum atomic E-state index is -3.61. The summed E-state index contributed by atoms with van der Waals surface area (Å²) in [5, 5.41) is 4.57. The predicted octanol–water partition coefficient (Wildman–Crippen LogP) is 4.66. The third kappa shape index (κ3) is 6.08. The third-order valence-electron chi connectivity index (χ3n) is 4.28. The number of carbonyl (C=O) groups is 1. The molecule has 0 bridgehead atoms. The first-order chi connectivity index (χ1) is 14.5. The Balaban J connectivity index is 1.56. The Kier molecular flexibility index (Phi) is 7.48. The molecule has 2 N–H and O–H groups in total. The van der Waals surface area contributed by atoms with Crippen molar-refractivity contribution in [3.8, 4) is 5.75 Å². The van der Waals surface area contributed by atoms with Crippen LogP contribution >= 0.6 is 11.3 Å². The molecule has 1 aromatic heterocycles. The van der Waals surface area contributed by atoms with Gasteiger partial charge in [0, 0.05) is 17.8 Å². The van der Waals surface area contributed by atoms with Gasteiger partial charge in [0.05, 0.1) is 6.61 Å². The van der Waals surface area contributed by atoms with Crippen LogP contribution in [0.4, 0.5) is 5.69 Å². The minimum Gasteiger partial charge on any atom is -0.494 e. The number of nitrogens with one attached hydrogen (secondary N) is 2. The average Bonchev–Trinajstić information content (AvgIpc) is 3.29. The van der Waals surface area contributed by atoms with Crippen molar-refractivity contribution in [2.45, 2.75) is 30.5 Å². The second-order valence-corrected chi connectivity index (χ2v) is 9.50. The zero-order valence-corrected chi connectivity index (χ0v) is 18.3. The summed E-state index contributed by atoms with van der Waals surface area (Å²) in [6.45, 7) is 3.16. The smallest absolute Gasteiger partial charge is 0.271 e. The molecule has 0 atom stereocenters. The molecule has 3 rings (SSSR count). The maximum atomic E-state index is 12.4. The summed E-state index contributed by atoms with van der Waals surface area (Å²) in [7, 11) is -3.61. The van der Waals surface area contributed by atoms with Crippen LogP contribution in [0.15, 0.2) is 70.3 Å². The number of rotatable bonds is 10. The van der Waals surface area contributed by atoms with Crippen molar-refractivity contribution in [2.75, 3.05) is 11.3 Å². The van der Waals surface area contributed by atoms with Gasteiger partial charge in [-0.25, -0.2) is 8.42 Å². The molecule has 0 aliphatic rings. The highest BCUT2D eigenvalue weighted by Gasteiger charge is 2.15. The van der Waals surface area contributed by atoms with Gasteiger partial charge >= 0.3 is 0 Å². The molecule has 0 saturated heterocycles. The van der Waals surface area contributed by atoms with Crippen molar-refractivity contribution in [3.63, 3.8) is 0 Å². The van der Waals surface area contributed by atoms with Crippen LogP contribution in [0.25, 0.3) is 0 Å². The summed E-state index contributed by atoms with van der Waals surface area (Å²) in [5.41, 5.74) is 1.79. The Bertz CT molecular complexity index is 1060. The van der Waals surface area contributed by atoms with E-state index < -0.39 is 10.0 Å². The Morgan fingerprint density at radius 2 is 1.87 bits per heavy atom. The molecule has 0 radical (unpaired) electrons. The lowest BCUT2D eigenvalue weighted by atomic mass is 10.1. The lowest BCUT2D eigenvalue weighted by Gasteiger charge is -2.10. The summed E-state index contributed by atoms with van der Waals surface area (Å²) in [5.74, 6) is 0.553. The Morgan fingerprint density at radius 3 is 2.57 bits per heavy atom. The fourth-order valence-corrected chi connectivity index (χ4v) is 4.73. The number of amides is 1. The van der Waals surface area contributed by atoms with E-state index in [1.165, 1.54) is 0 Å². The van der Waals surface area contributed by atoms with Gasteiger partial charge in [0.25, 0.3) is 15.9 Å². The number of carbonyl (C=O) groups excluding carboxylic acids is 1. The number of anilines is 1. The topological polar surface area (TPSA) is 84.5 Å². The van der Waals surface area contributed by atoms with Crippen molar-refractivity contribution in [2.24, 2.45) is 0 Å². The zero-order valence-electron chi connectivity index (χ0n) is 16.6. The van der Waals surface area contributed by atoms with E-state index in [1.807, 2.05) is 24.3 Å². The lowest BCUT2D eigenvalue weighted by Crippen LogP contribution is -2.22. The van der Waals surface area contributed by atoms with Crippen molar-refractivity contribution in [1.82, 2.24) is 5.32 Å². The summed E-state index contributed by atoms with van der Waals surface area (Å²) < 4.78 is 33.0. The number of unbranched alkanes of at least 4 members (excludes halogenated alkanes) is 1. The molecule has 0 aliphatic heterocycles. The van der Waals surface area contributed by atoms with E-state index in [2.05, 4.69) is 17.0 Å². The van der Waals surface area contributed by atoms with E-state index in [0.717, 1.165) is 35.5 Å². The molecule has 0 fully saturated rings. The van der Waals surface area contributed by atoms with Gasteiger partial charge in [-0.05, 0) is 59.8 Å². The van der Waals surface area contributed by atoms with Crippen LogP contribution in [0.5, 0.6) is 5.75 Å². The van der Waals surface area contributed by atoms with E-state index in [9.17, 15) is 13.2 Å². The first-order valence-corrected chi connectivity index (χ1v) is 12.0. The minimum absolute atomic E-state index is 0.236. The lowest BCUT2D eigenvalue weighted by molar-refractivity contribution is 0.0951. The van der Waals surface area contributed by atoms with E-state index in [4.69, 9.17) is 4.74 Å². The number of benzene rings is 2. The predicted molar refractivity (Wildman–Crippen MR) is 120 cm³/mol. The molecular formula is C22H24N2O4S2. The van der Waals surface area contributed by atoms with Crippen LogP contribution < -0.4 is 14.8 Å². The molecule has 0 saturated carbocycles. The molecular weight excluding hydrogens is 420 g/mol. The maximum absolute atomic E-state index is 12.4. The zero-order chi connectivity index (χ0) is 21.4. The van der Waals surface area contributed by atoms with Crippen LogP contribution in [0.2, 0.25) is 0 Å². The Morgan fingerprint density at radius 1 is 1.07 bits per heavy atom. The second kappa shape index (κ2) is 10.3. The standard InChI is InChI=1S/C22H24N2O4S2/c1-2-3-13-28-20-7-4-6-17(15-20)16-23-22(25)18-9-11-19(12-10-18)24-30(26,27)21-8-5-14-29-21/h4-12,14-15,24H,2-3,13,16H2,1H3,(H,23,25). The molecule has 30 heavy (non-hydrogen) atoms. The van der Waals surface area contributed by atoms with Crippen LogP contribution in [0, 0.1) is 0 Å². The van der Waals surface area contributed by atoms with Gasteiger partial charge in [-0.1, -0.05) is 31.5 Å². The molecule has 158 valence electrons. The largest absolute Gasteiger partial charge is 0.494 e. The van der Waals surface area contributed by atoms with Crippen molar-refractivity contribution in [3.05, 3.63) is 77.2 Å². The van der Waals surface area contributed by atoms with E-state index >= 15 is 0 Å². The fourth-order valence-electron chi connectivity index (χ4n) is 2.68. The number of hydrogen-bond donors (Lipinski definition) is 2. The van der Waals surface area contributed by atoms with Gasteiger partial charge in [-0.3, -0.25) is 9.52 Å². The highest BCUT2D eigenvalue weighted by molar-refractivity contribution is 7.94. The van der Waals surface area contributed by atoms with Crippen LogP contribution in [-0.4, -0.2) is 20.9 Å².